The lowest BCUT2D eigenvalue weighted by Gasteiger charge is -2.10. The van der Waals surface area contributed by atoms with Gasteiger partial charge in [0, 0.05) is 20.6 Å². The third-order valence-electron chi connectivity index (χ3n) is 5.15. The molecule has 4 rings (SSSR count). The van der Waals surface area contributed by atoms with Crippen LogP contribution in [-0.4, -0.2) is 35.8 Å². The molecule has 41 heavy (non-hydrogen) atoms. The van der Waals surface area contributed by atoms with E-state index < -0.39 is 31.9 Å². The second-order valence-corrected chi connectivity index (χ2v) is 12.7. The molecule has 0 aromatic heterocycles. The maximum Gasteiger partial charge on any atom is 0.268 e. The second kappa shape index (κ2) is 13.8. The van der Waals surface area contributed by atoms with Gasteiger partial charge in [0.2, 0.25) is 0 Å². The fourth-order valence-corrected chi connectivity index (χ4v) is 5.50. The van der Waals surface area contributed by atoms with Gasteiger partial charge in [-0.3, -0.25) is 9.59 Å². The number of carbonyl (C=O) groups excluding carboxylic acids is 2. The van der Waals surface area contributed by atoms with Crippen molar-refractivity contribution in [1.82, 2.24) is 9.44 Å². The molecule has 0 aliphatic carbocycles. The molecule has 0 heterocycles. The first kappa shape index (κ1) is 31.9. The minimum Gasteiger partial charge on any atom is -0.496 e. The monoisotopic (exact) mass is 654 g/mol. The number of rotatable bonds is 7. The summed E-state index contributed by atoms with van der Waals surface area (Å²) in [7, 11) is -6.53. The van der Waals surface area contributed by atoms with Crippen molar-refractivity contribution >= 4 is 66.7 Å². The zero-order valence-corrected chi connectivity index (χ0v) is 24.9. The fraction of sp³-hybridized carbons (Fsp3) is 0.0370. The molecule has 14 heteroatoms. The van der Waals surface area contributed by atoms with Crippen molar-refractivity contribution in [2.45, 2.75) is 9.79 Å². The molecule has 4 aromatic carbocycles. The largest absolute Gasteiger partial charge is 0.496 e. The summed E-state index contributed by atoms with van der Waals surface area (Å²) in [6.45, 7) is 0. The van der Waals surface area contributed by atoms with Gasteiger partial charge in [0.25, 0.3) is 31.9 Å². The number of ether oxygens (including phenoxy) is 1. The third-order valence-corrected chi connectivity index (χ3v) is 8.58. The van der Waals surface area contributed by atoms with E-state index in [-0.39, 0.29) is 26.7 Å². The highest BCUT2D eigenvalue weighted by molar-refractivity contribution is 7.90. The van der Waals surface area contributed by atoms with E-state index >= 15 is 0 Å². The van der Waals surface area contributed by atoms with Gasteiger partial charge in [0.15, 0.2) is 0 Å². The zero-order valence-electron chi connectivity index (χ0n) is 21.0. The highest BCUT2D eigenvalue weighted by atomic mass is 35.5. The number of carbonyl (C=O) groups is 2. The lowest BCUT2D eigenvalue weighted by molar-refractivity contribution is 0.0970. The summed E-state index contributed by atoms with van der Waals surface area (Å²) < 4.78 is 57.2. The van der Waals surface area contributed by atoms with E-state index in [0.717, 1.165) is 0 Å². The maximum absolute atomic E-state index is 12.2. The van der Waals surface area contributed by atoms with Gasteiger partial charge in [-0.25, -0.2) is 26.3 Å². The average molecular weight is 656 g/mol. The summed E-state index contributed by atoms with van der Waals surface area (Å²) in [5, 5.41) is 1.19. The van der Waals surface area contributed by atoms with Crippen LogP contribution in [0.4, 0.5) is 0 Å². The SMILES string of the molecule is COc1cc(Cl)ccc1C(=O)NS(=O)(=O)c1ccc(Cl)cc1.O=C(NS(=O)(=O)c1ccc(Cl)cc1)c1ccccc1. The predicted octanol–water partition coefficient (Wildman–Crippen LogP) is 5.58. The van der Waals surface area contributed by atoms with Gasteiger partial charge in [0.1, 0.15) is 5.75 Å². The minimum atomic E-state index is -4.01. The summed E-state index contributed by atoms with van der Waals surface area (Å²) in [6, 6.07) is 23.4. The molecule has 0 unspecified atom stereocenters. The molecule has 2 N–H and O–H groups in total. The lowest BCUT2D eigenvalue weighted by atomic mass is 10.2. The molecule has 214 valence electrons. The molecule has 0 atom stereocenters. The normalized spacial score (nSPS) is 11.0. The molecule has 4 aromatic rings. The van der Waals surface area contributed by atoms with E-state index in [1.165, 1.54) is 86.0 Å². The molecule has 0 bridgehead atoms. The summed E-state index contributed by atoms with van der Waals surface area (Å²) in [4.78, 5) is 23.9. The molecule has 0 aliphatic heterocycles. The van der Waals surface area contributed by atoms with E-state index in [1.807, 2.05) is 9.44 Å². The van der Waals surface area contributed by atoms with Crippen molar-refractivity contribution in [3.8, 4) is 5.75 Å². The quantitative estimate of drug-likeness (QED) is 0.265. The van der Waals surface area contributed by atoms with Crippen LogP contribution in [0.25, 0.3) is 0 Å². The standard InChI is InChI=1S/C14H11Cl2NO4S.C13H10ClNO3S/c1-21-13-8-10(16)4-7-12(13)14(18)17-22(19,20)11-5-2-9(15)3-6-11;14-11-6-8-12(9-7-11)19(17,18)15-13(16)10-4-2-1-3-5-10/h2-8H,1H3,(H,17,18);1-9H,(H,15,16). The highest BCUT2D eigenvalue weighted by Crippen LogP contribution is 2.24. The molecule has 9 nitrogen and oxygen atoms in total. The molecule has 0 radical (unpaired) electrons. The van der Waals surface area contributed by atoms with Gasteiger partial charge in [-0.1, -0.05) is 53.0 Å². The lowest BCUT2D eigenvalue weighted by Crippen LogP contribution is -2.30. The molecular formula is C27H21Cl3N2O7S2. The number of benzene rings is 4. The Morgan fingerprint density at radius 3 is 1.51 bits per heavy atom. The molecule has 0 fully saturated rings. The van der Waals surface area contributed by atoms with Crippen LogP contribution >= 0.6 is 34.8 Å². The Morgan fingerprint density at radius 1 is 0.610 bits per heavy atom. The molecule has 0 aliphatic rings. The summed E-state index contributed by atoms with van der Waals surface area (Å²) in [5.41, 5.74) is 0.337. The Balaban J connectivity index is 0.000000228. The van der Waals surface area contributed by atoms with Gasteiger partial charge in [-0.05, 0) is 78.9 Å². The van der Waals surface area contributed by atoms with Gasteiger partial charge in [-0.2, -0.15) is 0 Å². The van der Waals surface area contributed by atoms with Crippen molar-refractivity contribution in [2.24, 2.45) is 0 Å². The Labute approximate surface area is 252 Å². The molecule has 0 saturated heterocycles. The number of amides is 2. The van der Waals surface area contributed by atoms with Gasteiger partial charge >= 0.3 is 0 Å². The van der Waals surface area contributed by atoms with Crippen LogP contribution in [0.2, 0.25) is 15.1 Å². The van der Waals surface area contributed by atoms with Crippen molar-refractivity contribution < 1.29 is 31.2 Å². The number of hydrogen-bond donors (Lipinski definition) is 2. The van der Waals surface area contributed by atoms with Crippen molar-refractivity contribution in [2.75, 3.05) is 7.11 Å². The predicted molar refractivity (Wildman–Crippen MR) is 157 cm³/mol. The number of nitrogens with one attached hydrogen (secondary N) is 2. The van der Waals surface area contributed by atoms with Gasteiger partial charge in [0.05, 0.1) is 22.5 Å². The summed E-state index contributed by atoms with van der Waals surface area (Å²) in [5.74, 6) is -1.31. The highest BCUT2D eigenvalue weighted by Gasteiger charge is 2.21. The van der Waals surface area contributed by atoms with Crippen LogP contribution in [0, 0.1) is 0 Å². The van der Waals surface area contributed by atoms with Crippen LogP contribution in [0.1, 0.15) is 20.7 Å². The zero-order chi connectivity index (χ0) is 30.2. The van der Waals surface area contributed by atoms with Crippen molar-refractivity contribution in [3.05, 3.63) is 123 Å². The minimum absolute atomic E-state index is 0.0128. The maximum atomic E-state index is 12.2. The summed E-state index contributed by atoms with van der Waals surface area (Å²) in [6.07, 6.45) is 0. The summed E-state index contributed by atoms with van der Waals surface area (Å²) >= 11 is 17.2. The first-order valence-corrected chi connectivity index (χ1v) is 15.5. The molecule has 0 saturated carbocycles. The second-order valence-electron chi connectivity index (χ2n) is 7.99. The van der Waals surface area contributed by atoms with E-state index in [9.17, 15) is 26.4 Å². The van der Waals surface area contributed by atoms with Crippen molar-refractivity contribution in [1.29, 1.82) is 0 Å². The van der Waals surface area contributed by atoms with Crippen LogP contribution in [0.5, 0.6) is 5.75 Å². The third kappa shape index (κ3) is 8.94. The van der Waals surface area contributed by atoms with Crippen LogP contribution < -0.4 is 14.2 Å². The fourth-order valence-electron chi connectivity index (χ4n) is 3.15. The Bertz CT molecular complexity index is 1750. The van der Waals surface area contributed by atoms with Crippen LogP contribution in [-0.2, 0) is 20.0 Å². The van der Waals surface area contributed by atoms with Gasteiger partial charge in [-0.15, -0.1) is 0 Å². The van der Waals surface area contributed by atoms with Crippen LogP contribution in [0.15, 0.2) is 107 Å². The van der Waals surface area contributed by atoms with Gasteiger partial charge < -0.3 is 4.74 Å². The number of methoxy groups -OCH3 is 1. The van der Waals surface area contributed by atoms with E-state index in [1.54, 1.807) is 18.2 Å². The molecular weight excluding hydrogens is 635 g/mol. The average Bonchev–Trinajstić information content (AvgIpc) is 2.93. The number of hydrogen-bond acceptors (Lipinski definition) is 7. The smallest absolute Gasteiger partial charge is 0.268 e. The van der Waals surface area contributed by atoms with E-state index in [0.29, 0.717) is 15.1 Å². The van der Waals surface area contributed by atoms with Crippen LogP contribution in [0.3, 0.4) is 0 Å². The van der Waals surface area contributed by atoms with Crippen molar-refractivity contribution in [3.63, 3.8) is 0 Å². The topological polar surface area (TPSA) is 136 Å². The Kier molecular flexibility index (Phi) is 10.8. The van der Waals surface area contributed by atoms with E-state index in [4.69, 9.17) is 39.5 Å². The molecule has 2 amide bonds. The first-order chi connectivity index (χ1) is 19.3. The Morgan fingerprint density at radius 2 is 1.05 bits per heavy atom. The molecule has 0 spiro atoms. The first-order valence-electron chi connectivity index (χ1n) is 11.4. The van der Waals surface area contributed by atoms with E-state index in [2.05, 4.69) is 0 Å². The number of sulfonamides is 2. The number of halogens is 3. The Hall–Kier alpha value is -3.61.